The van der Waals surface area contributed by atoms with Crippen molar-refractivity contribution >= 4 is 37.3 Å². The van der Waals surface area contributed by atoms with Crippen LogP contribution in [0.15, 0.2) is 0 Å². The molecular weight excluding hydrogens is 444 g/mol. The Morgan fingerprint density at radius 3 is 2.53 bits per heavy atom. The molecule has 4 fully saturated rings. The predicted molar refractivity (Wildman–Crippen MR) is 118 cm³/mol. The van der Waals surface area contributed by atoms with Crippen LogP contribution in [0.4, 0.5) is 0 Å². The first-order chi connectivity index (χ1) is 14.1. The maximum absolute atomic E-state index is 12.8. The first kappa shape index (κ1) is 22.9. The molecule has 8 atom stereocenters. The molecule has 30 heavy (non-hydrogen) atoms. The molecule has 0 spiro atoms. The average Bonchev–Trinajstić information content (AvgIpc) is 3.02. The lowest BCUT2D eigenvalue weighted by Gasteiger charge is -2.56. The van der Waals surface area contributed by atoms with E-state index in [1.807, 2.05) is 0 Å². The van der Waals surface area contributed by atoms with Gasteiger partial charge in [0.2, 0.25) is 0 Å². The summed E-state index contributed by atoms with van der Waals surface area (Å²) < 4.78 is 31.1. The van der Waals surface area contributed by atoms with Crippen LogP contribution in [0, 0.1) is 52.2 Å². The number of ketones is 1. The molecule has 0 saturated heterocycles. The topological polar surface area (TPSA) is 91.7 Å². The molecular formula is C22H31ClO5S2. The number of rotatable bonds is 4. The third-order valence-electron chi connectivity index (χ3n) is 9.03. The highest BCUT2D eigenvalue weighted by atomic mass is 35.5. The van der Waals surface area contributed by atoms with Crippen LogP contribution in [0.25, 0.3) is 0 Å². The summed E-state index contributed by atoms with van der Waals surface area (Å²) in [6.45, 7) is 2.24. The summed E-state index contributed by atoms with van der Waals surface area (Å²) in [4.78, 5) is 12.8. The van der Waals surface area contributed by atoms with Crippen molar-refractivity contribution in [2.24, 2.45) is 40.9 Å². The van der Waals surface area contributed by atoms with Gasteiger partial charge < -0.3 is 5.11 Å². The molecule has 0 heterocycles. The summed E-state index contributed by atoms with van der Waals surface area (Å²) in [6.07, 6.45) is 8.60. The average molecular weight is 475 g/mol. The first-order valence-corrected chi connectivity index (χ1v) is 14.4. The second-order valence-corrected chi connectivity index (χ2v) is 13.8. The summed E-state index contributed by atoms with van der Waals surface area (Å²) in [5.74, 6) is 5.41. The molecule has 0 aliphatic heterocycles. The Balaban J connectivity index is 1.46. The maximum atomic E-state index is 12.8. The van der Waals surface area contributed by atoms with Crippen LogP contribution in [-0.4, -0.2) is 35.2 Å². The van der Waals surface area contributed by atoms with Crippen LogP contribution in [0.3, 0.4) is 0 Å². The zero-order valence-corrected chi connectivity index (χ0v) is 19.7. The highest BCUT2D eigenvalue weighted by Gasteiger charge is 2.58. The van der Waals surface area contributed by atoms with E-state index in [0.29, 0.717) is 46.8 Å². The molecule has 0 bridgehead atoms. The van der Waals surface area contributed by atoms with Crippen molar-refractivity contribution in [3.63, 3.8) is 0 Å². The number of halogens is 1. The van der Waals surface area contributed by atoms with Crippen LogP contribution in [0.1, 0.15) is 64.7 Å². The van der Waals surface area contributed by atoms with Gasteiger partial charge in [-0.3, -0.25) is 9.35 Å². The summed E-state index contributed by atoms with van der Waals surface area (Å²) in [7, 11) is -3.84. The van der Waals surface area contributed by atoms with Crippen molar-refractivity contribution in [1.82, 2.24) is 0 Å². The number of hydrogen-bond acceptors (Lipinski definition) is 5. The standard InChI is InChI=1S/C22H31ClO5S2/c1-21-8-6-16-15-7-9-22(25,10-11-23)12-14(15)2-3-17(16)18(21)4-5-19(21)20(24)13-29-30(26,27)28/h14-19,25H,2-9,12-13H2,1H3,(H,26,27,28)/t14-,15+,16-,17-,18+,19-,21+,22+/m1/s1. The summed E-state index contributed by atoms with van der Waals surface area (Å²) in [5, 5.41) is 13.1. The molecule has 0 radical (unpaired) electrons. The molecule has 5 nitrogen and oxygen atoms in total. The van der Waals surface area contributed by atoms with Gasteiger partial charge in [0.15, 0.2) is 0 Å². The van der Waals surface area contributed by atoms with E-state index in [1.165, 1.54) is 0 Å². The van der Waals surface area contributed by atoms with Gasteiger partial charge >= 0.3 is 9.15 Å². The number of hydrogen-bond donors (Lipinski definition) is 2. The van der Waals surface area contributed by atoms with Crippen LogP contribution in [-0.2, 0) is 13.9 Å². The van der Waals surface area contributed by atoms with Gasteiger partial charge in [-0.15, -0.1) is 0 Å². The Kier molecular flexibility index (Phi) is 6.31. The molecule has 0 aromatic heterocycles. The summed E-state index contributed by atoms with van der Waals surface area (Å²) in [5.41, 5.74) is -1.00. The molecule has 4 saturated carbocycles. The smallest absolute Gasteiger partial charge is 0.320 e. The Morgan fingerprint density at radius 1 is 1.10 bits per heavy atom. The van der Waals surface area contributed by atoms with E-state index in [1.54, 1.807) is 0 Å². The molecule has 4 aliphatic rings. The molecule has 0 amide bonds. The normalized spacial score (nSPS) is 45.5. The number of Topliss-reactive ketones (excluding diaryl/α,β-unsaturated/α-hetero) is 1. The molecule has 8 heteroatoms. The molecule has 0 unspecified atom stereocenters. The maximum Gasteiger partial charge on any atom is 0.320 e. The van der Waals surface area contributed by atoms with Gasteiger partial charge in [-0.25, -0.2) is 0 Å². The lowest BCUT2D eigenvalue weighted by molar-refractivity contribution is -0.129. The molecule has 2 N–H and O–H groups in total. The predicted octanol–water partition coefficient (Wildman–Crippen LogP) is 4.29. The van der Waals surface area contributed by atoms with Crippen LogP contribution >= 0.6 is 22.4 Å². The Bertz CT molecular complexity index is 864. The summed E-state index contributed by atoms with van der Waals surface area (Å²) >= 11 is 5.58. The summed E-state index contributed by atoms with van der Waals surface area (Å²) in [6, 6.07) is 0. The number of carbonyl (C=O) groups excluding carboxylic acids is 1. The fourth-order valence-electron chi connectivity index (χ4n) is 7.84. The van der Waals surface area contributed by atoms with Crippen LogP contribution in [0.5, 0.6) is 0 Å². The van der Waals surface area contributed by atoms with Gasteiger partial charge in [0.25, 0.3) is 0 Å². The molecule has 4 rings (SSSR count). The zero-order valence-electron chi connectivity index (χ0n) is 17.3. The second kappa shape index (κ2) is 8.26. The third-order valence-corrected chi connectivity index (χ3v) is 11.1. The van der Waals surface area contributed by atoms with E-state index >= 15 is 0 Å². The Morgan fingerprint density at radius 2 is 1.83 bits per heavy atom. The van der Waals surface area contributed by atoms with Crippen molar-refractivity contribution in [3.05, 3.63) is 0 Å². The number of fused-ring (bicyclic) bond motifs is 5. The SMILES string of the molecule is C[C@]12CC[C@H]3[C@@H](CC[C@@H]4C[C@@](O)(C#CCl)CC[C@@H]43)[C@@H]1CC[C@@H]2C(=O)CSS(=O)(=O)O. The van der Waals surface area contributed by atoms with E-state index in [4.69, 9.17) is 16.2 Å². The van der Waals surface area contributed by atoms with Gasteiger partial charge in [0.1, 0.15) is 11.4 Å². The zero-order chi connectivity index (χ0) is 21.7. The van der Waals surface area contributed by atoms with Crippen molar-refractivity contribution in [2.45, 2.75) is 70.3 Å². The third kappa shape index (κ3) is 4.20. The number of carbonyl (C=O) groups is 1. The van der Waals surface area contributed by atoms with E-state index in [0.717, 1.165) is 51.4 Å². The van der Waals surface area contributed by atoms with E-state index in [-0.39, 0.29) is 22.9 Å². The Hall–Kier alpha value is -0.260. The van der Waals surface area contributed by atoms with Gasteiger partial charge in [0.05, 0.1) is 5.75 Å². The van der Waals surface area contributed by atoms with Crippen molar-refractivity contribution in [3.8, 4) is 11.3 Å². The monoisotopic (exact) mass is 474 g/mol. The highest BCUT2D eigenvalue weighted by molar-refractivity contribution is 8.70. The minimum Gasteiger partial charge on any atom is -0.378 e. The second-order valence-electron chi connectivity index (χ2n) is 10.3. The van der Waals surface area contributed by atoms with E-state index in [9.17, 15) is 18.3 Å². The van der Waals surface area contributed by atoms with Crippen molar-refractivity contribution in [1.29, 1.82) is 0 Å². The Labute approximate surface area is 188 Å². The van der Waals surface area contributed by atoms with Crippen LogP contribution in [0.2, 0.25) is 0 Å². The fourth-order valence-corrected chi connectivity index (χ4v) is 9.28. The van der Waals surface area contributed by atoms with E-state index in [2.05, 4.69) is 18.2 Å². The largest absolute Gasteiger partial charge is 0.378 e. The molecule has 0 aromatic rings. The minimum atomic E-state index is -4.19. The molecule has 0 aromatic carbocycles. The molecule has 4 aliphatic carbocycles. The first-order valence-electron chi connectivity index (χ1n) is 11.1. The lowest BCUT2D eigenvalue weighted by Crippen LogP contribution is -2.51. The van der Waals surface area contributed by atoms with Gasteiger partial charge in [-0.1, -0.05) is 12.8 Å². The van der Waals surface area contributed by atoms with Crippen molar-refractivity contribution in [2.75, 3.05) is 5.75 Å². The van der Waals surface area contributed by atoms with Gasteiger partial charge in [0, 0.05) is 22.1 Å². The minimum absolute atomic E-state index is 0.0304. The van der Waals surface area contributed by atoms with Gasteiger partial charge in [-0.2, -0.15) is 8.42 Å². The quantitative estimate of drug-likeness (QED) is 0.358. The fraction of sp³-hybridized carbons (Fsp3) is 0.864. The number of aliphatic hydroxyl groups is 1. The highest BCUT2D eigenvalue weighted by Crippen LogP contribution is 2.64. The van der Waals surface area contributed by atoms with Gasteiger partial charge in [-0.05, 0) is 104 Å². The van der Waals surface area contributed by atoms with Crippen molar-refractivity contribution < 1.29 is 22.9 Å². The van der Waals surface area contributed by atoms with Crippen LogP contribution < -0.4 is 0 Å². The lowest BCUT2D eigenvalue weighted by atomic mass is 9.49. The van der Waals surface area contributed by atoms with E-state index < -0.39 is 14.8 Å². The molecule has 168 valence electrons.